The zero-order chi connectivity index (χ0) is 17.1. The zero-order valence-electron chi connectivity index (χ0n) is 12.1. The highest BCUT2D eigenvalue weighted by molar-refractivity contribution is 5.89. The maximum atomic E-state index is 13.5. The maximum Gasteiger partial charge on any atom is 0.344 e. The molecule has 0 saturated heterocycles. The van der Waals surface area contributed by atoms with Gasteiger partial charge in [0.25, 0.3) is 0 Å². The number of nitrogens with zero attached hydrogens (tertiary/aromatic N) is 1. The van der Waals surface area contributed by atoms with E-state index in [-0.39, 0.29) is 18.1 Å². The van der Waals surface area contributed by atoms with Gasteiger partial charge in [-0.25, -0.2) is 18.0 Å². The minimum Gasteiger partial charge on any atom is -0.455 e. The molecule has 0 aliphatic heterocycles. The minimum atomic E-state index is -1.14. The summed E-state index contributed by atoms with van der Waals surface area (Å²) < 4.78 is 49.7. The van der Waals surface area contributed by atoms with Crippen molar-refractivity contribution in [2.75, 3.05) is 0 Å². The molecule has 0 radical (unpaired) electrons. The molecule has 0 amide bonds. The van der Waals surface area contributed by atoms with Gasteiger partial charge in [-0.3, -0.25) is 0 Å². The molecule has 3 rings (SSSR count). The average molecular weight is 333 g/mol. The van der Waals surface area contributed by atoms with E-state index in [2.05, 4.69) is 5.16 Å². The normalized spacial score (nSPS) is 10.6. The molecule has 7 heteroatoms. The summed E-state index contributed by atoms with van der Waals surface area (Å²) in [4.78, 5) is 11.8. The van der Waals surface area contributed by atoms with Crippen LogP contribution in [0.5, 0.6) is 0 Å². The van der Waals surface area contributed by atoms with E-state index in [4.69, 9.17) is 9.26 Å². The Morgan fingerprint density at radius 3 is 2.38 bits per heavy atom. The summed E-state index contributed by atoms with van der Waals surface area (Å²) in [6.07, 6.45) is 0. The first-order valence-corrected chi connectivity index (χ1v) is 6.87. The molecule has 24 heavy (non-hydrogen) atoms. The van der Waals surface area contributed by atoms with Crippen LogP contribution in [0.25, 0.3) is 11.3 Å². The molecule has 0 bridgehead atoms. The van der Waals surface area contributed by atoms with Crippen LogP contribution in [0.4, 0.5) is 13.2 Å². The summed E-state index contributed by atoms with van der Waals surface area (Å²) >= 11 is 0. The van der Waals surface area contributed by atoms with E-state index in [0.717, 1.165) is 18.2 Å². The minimum absolute atomic E-state index is 0.249. The molecular weight excluding hydrogens is 323 g/mol. The van der Waals surface area contributed by atoms with Gasteiger partial charge >= 0.3 is 5.97 Å². The molecule has 0 spiro atoms. The predicted molar refractivity (Wildman–Crippen MR) is 77.4 cm³/mol. The van der Waals surface area contributed by atoms with Gasteiger partial charge in [0, 0.05) is 11.6 Å². The molecule has 0 aliphatic rings. The molecule has 1 aromatic heterocycles. The van der Waals surface area contributed by atoms with Crippen molar-refractivity contribution in [3.63, 3.8) is 0 Å². The third-order valence-electron chi connectivity index (χ3n) is 3.21. The Kier molecular flexibility index (Phi) is 4.33. The van der Waals surface area contributed by atoms with Crippen LogP contribution >= 0.6 is 0 Å². The Morgan fingerprint density at radius 2 is 1.71 bits per heavy atom. The Labute approximate surface area is 134 Å². The number of hydrogen-bond donors (Lipinski definition) is 0. The lowest BCUT2D eigenvalue weighted by Crippen LogP contribution is -2.10. The average Bonchev–Trinajstić information content (AvgIpc) is 3.02. The number of hydrogen-bond acceptors (Lipinski definition) is 4. The molecule has 2 aromatic carbocycles. The monoisotopic (exact) mass is 333 g/mol. The van der Waals surface area contributed by atoms with E-state index in [1.165, 1.54) is 30.3 Å². The Bertz CT molecular complexity index is 855. The van der Waals surface area contributed by atoms with Gasteiger partial charge in [0.2, 0.25) is 0 Å². The van der Waals surface area contributed by atoms with Crippen molar-refractivity contribution < 1.29 is 27.2 Å². The summed E-state index contributed by atoms with van der Waals surface area (Å²) in [6.45, 7) is -0.322. The fourth-order valence-electron chi connectivity index (χ4n) is 2.03. The number of esters is 1. The topological polar surface area (TPSA) is 52.3 Å². The number of aromatic nitrogens is 1. The standard InChI is InChI=1S/C17H10F3NO3/c18-11-6-4-10(5-7-11)15-8-12(21-24-15)9-23-17(22)16-13(19)2-1-3-14(16)20/h1-8H,9H2. The van der Waals surface area contributed by atoms with Crippen molar-refractivity contribution >= 4 is 5.97 Å². The van der Waals surface area contributed by atoms with Crippen LogP contribution in [0.2, 0.25) is 0 Å². The lowest BCUT2D eigenvalue weighted by atomic mass is 10.1. The third-order valence-corrected chi connectivity index (χ3v) is 3.21. The highest BCUT2D eigenvalue weighted by Gasteiger charge is 2.19. The van der Waals surface area contributed by atoms with E-state index in [0.29, 0.717) is 11.3 Å². The number of carbonyl (C=O) groups excluding carboxylic acids is 1. The van der Waals surface area contributed by atoms with Crippen molar-refractivity contribution in [2.45, 2.75) is 6.61 Å². The fraction of sp³-hybridized carbons (Fsp3) is 0.0588. The summed E-state index contributed by atoms with van der Waals surface area (Å²) in [6, 6.07) is 10.1. The highest BCUT2D eigenvalue weighted by atomic mass is 19.1. The smallest absolute Gasteiger partial charge is 0.344 e. The number of carbonyl (C=O) groups is 1. The number of rotatable bonds is 4. The largest absolute Gasteiger partial charge is 0.455 e. The second-order valence-electron chi connectivity index (χ2n) is 4.86. The van der Waals surface area contributed by atoms with Crippen LogP contribution in [0.15, 0.2) is 53.1 Å². The highest BCUT2D eigenvalue weighted by Crippen LogP contribution is 2.21. The van der Waals surface area contributed by atoms with Crippen LogP contribution in [0, 0.1) is 17.5 Å². The van der Waals surface area contributed by atoms with E-state index in [9.17, 15) is 18.0 Å². The Hall–Kier alpha value is -3.09. The first kappa shape index (κ1) is 15.8. The lowest BCUT2D eigenvalue weighted by molar-refractivity contribution is 0.0453. The first-order valence-electron chi connectivity index (χ1n) is 6.87. The van der Waals surface area contributed by atoms with Gasteiger partial charge in [-0.1, -0.05) is 11.2 Å². The molecule has 3 aromatic rings. The van der Waals surface area contributed by atoms with E-state index >= 15 is 0 Å². The van der Waals surface area contributed by atoms with Gasteiger partial charge < -0.3 is 9.26 Å². The summed E-state index contributed by atoms with van der Waals surface area (Å²) in [5.41, 5.74) is 0.0702. The number of benzene rings is 2. The van der Waals surface area contributed by atoms with Gasteiger partial charge in [-0.15, -0.1) is 0 Å². The molecule has 0 N–H and O–H groups in total. The SMILES string of the molecule is O=C(OCc1cc(-c2ccc(F)cc2)on1)c1c(F)cccc1F. The van der Waals surface area contributed by atoms with Crippen LogP contribution < -0.4 is 0 Å². The van der Waals surface area contributed by atoms with Gasteiger partial charge in [-0.05, 0) is 36.4 Å². The van der Waals surface area contributed by atoms with Crippen molar-refractivity contribution in [3.05, 3.63) is 77.2 Å². The van der Waals surface area contributed by atoms with Crippen molar-refractivity contribution in [3.8, 4) is 11.3 Å². The second kappa shape index (κ2) is 6.57. The van der Waals surface area contributed by atoms with Crippen LogP contribution in [0.1, 0.15) is 16.1 Å². The Balaban J connectivity index is 1.69. The summed E-state index contributed by atoms with van der Waals surface area (Å²) in [5.74, 6) is -3.20. The van der Waals surface area contributed by atoms with E-state index in [1.807, 2.05) is 0 Å². The van der Waals surface area contributed by atoms with Crippen molar-refractivity contribution in [2.24, 2.45) is 0 Å². The third kappa shape index (κ3) is 3.29. The zero-order valence-corrected chi connectivity index (χ0v) is 12.1. The predicted octanol–water partition coefficient (Wildman–Crippen LogP) is 4.12. The van der Waals surface area contributed by atoms with Gasteiger partial charge in [0.15, 0.2) is 5.76 Å². The molecule has 0 atom stereocenters. The molecule has 0 fully saturated rings. The molecule has 0 unspecified atom stereocenters. The molecule has 0 saturated carbocycles. The van der Waals surface area contributed by atoms with Crippen LogP contribution in [0.3, 0.4) is 0 Å². The Morgan fingerprint density at radius 1 is 1.04 bits per heavy atom. The van der Waals surface area contributed by atoms with Gasteiger partial charge in [0.1, 0.15) is 35.3 Å². The summed E-state index contributed by atoms with van der Waals surface area (Å²) in [7, 11) is 0. The van der Waals surface area contributed by atoms with Gasteiger partial charge in [0.05, 0.1) is 0 Å². The fourth-order valence-corrected chi connectivity index (χ4v) is 2.03. The first-order chi connectivity index (χ1) is 11.5. The second-order valence-corrected chi connectivity index (χ2v) is 4.86. The number of halogens is 3. The number of ether oxygens (including phenoxy) is 1. The van der Waals surface area contributed by atoms with E-state index < -0.39 is 23.2 Å². The molecule has 1 heterocycles. The lowest BCUT2D eigenvalue weighted by Gasteiger charge is -2.04. The molecule has 122 valence electrons. The quantitative estimate of drug-likeness (QED) is 0.674. The van der Waals surface area contributed by atoms with Crippen molar-refractivity contribution in [1.29, 1.82) is 0 Å². The molecular formula is C17H10F3NO3. The van der Waals surface area contributed by atoms with Crippen LogP contribution in [-0.2, 0) is 11.3 Å². The molecule has 0 aliphatic carbocycles. The van der Waals surface area contributed by atoms with Gasteiger partial charge in [-0.2, -0.15) is 0 Å². The van der Waals surface area contributed by atoms with Crippen molar-refractivity contribution in [1.82, 2.24) is 5.16 Å². The van der Waals surface area contributed by atoms with Crippen LogP contribution in [-0.4, -0.2) is 11.1 Å². The summed E-state index contributed by atoms with van der Waals surface area (Å²) in [5, 5.41) is 3.69. The molecule has 4 nitrogen and oxygen atoms in total. The van der Waals surface area contributed by atoms with E-state index in [1.54, 1.807) is 0 Å². The maximum absolute atomic E-state index is 13.5.